The van der Waals surface area contributed by atoms with Crippen molar-refractivity contribution in [2.45, 2.75) is 43.8 Å². The minimum absolute atomic E-state index is 0.0171. The van der Waals surface area contributed by atoms with Crippen LogP contribution in [0.1, 0.15) is 24.8 Å². The van der Waals surface area contributed by atoms with Crippen LogP contribution in [0, 0.1) is 0 Å². The van der Waals surface area contributed by atoms with Crippen LogP contribution in [0.15, 0.2) is 24.3 Å². The number of carbonyl (C=O) groups excluding carboxylic acids is 5. The van der Waals surface area contributed by atoms with Crippen LogP contribution >= 0.6 is 0 Å². The van der Waals surface area contributed by atoms with Crippen LogP contribution in [0.5, 0.6) is 5.75 Å². The van der Waals surface area contributed by atoms with Crippen LogP contribution in [-0.2, 0) is 35.2 Å². The molecule has 1 aromatic rings. The predicted octanol–water partition coefficient (Wildman–Crippen LogP) is -3.43. The third kappa shape index (κ3) is 10.4. The molecule has 0 saturated heterocycles. The molecule has 186 valence electrons. The molecule has 0 aliphatic carbocycles. The summed E-state index contributed by atoms with van der Waals surface area (Å²) < 4.78 is 0. The minimum Gasteiger partial charge on any atom is -0.508 e. The number of carboxylic acids is 1. The number of amides is 5. The molecule has 5 amide bonds. The average Bonchev–Trinajstić information content (AvgIpc) is 2.74. The van der Waals surface area contributed by atoms with Gasteiger partial charge in [0.2, 0.25) is 29.5 Å². The molecule has 0 aromatic heterocycles. The highest BCUT2D eigenvalue weighted by Crippen LogP contribution is 2.12. The number of nitrogens with two attached hydrogens (primary N) is 3. The summed E-state index contributed by atoms with van der Waals surface area (Å²) in [6, 6.07) is 1.69. The fourth-order valence-corrected chi connectivity index (χ4v) is 2.75. The van der Waals surface area contributed by atoms with E-state index in [1.165, 1.54) is 24.3 Å². The summed E-state index contributed by atoms with van der Waals surface area (Å²) in [5.41, 5.74) is 16.0. The lowest BCUT2D eigenvalue weighted by molar-refractivity contribution is -0.142. The lowest BCUT2D eigenvalue weighted by Gasteiger charge is -2.21. The maximum atomic E-state index is 12.7. The van der Waals surface area contributed by atoms with Gasteiger partial charge in [0.05, 0.1) is 19.0 Å². The van der Waals surface area contributed by atoms with Gasteiger partial charge in [0.25, 0.3) is 0 Å². The maximum absolute atomic E-state index is 12.7. The van der Waals surface area contributed by atoms with E-state index in [0.29, 0.717) is 5.56 Å². The van der Waals surface area contributed by atoms with E-state index in [-0.39, 0.29) is 25.0 Å². The highest BCUT2D eigenvalue weighted by Gasteiger charge is 2.27. The van der Waals surface area contributed by atoms with E-state index in [1.54, 1.807) is 0 Å². The van der Waals surface area contributed by atoms with Crippen LogP contribution in [0.3, 0.4) is 0 Å². The number of phenols is 1. The Morgan fingerprint density at radius 1 is 0.882 bits per heavy atom. The largest absolute Gasteiger partial charge is 0.508 e. The smallest absolute Gasteiger partial charge is 0.326 e. The molecule has 0 radical (unpaired) electrons. The van der Waals surface area contributed by atoms with Gasteiger partial charge >= 0.3 is 5.97 Å². The van der Waals surface area contributed by atoms with Gasteiger partial charge in [0.1, 0.15) is 17.8 Å². The van der Waals surface area contributed by atoms with E-state index < -0.39 is 66.6 Å². The van der Waals surface area contributed by atoms with E-state index in [0.717, 1.165) is 0 Å². The molecule has 0 saturated carbocycles. The number of hydrogen-bond donors (Lipinski definition) is 8. The number of carbonyl (C=O) groups is 6. The second kappa shape index (κ2) is 13.4. The van der Waals surface area contributed by atoms with Crippen LogP contribution in [0.2, 0.25) is 0 Å². The molecule has 0 fully saturated rings. The quantitative estimate of drug-likeness (QED) is 0.132. The summed E-state index contributed by atoms with van der Waals surface area (Å²) in [7, 11) is 0. The Bertz CT molecular complexity index is 920. The Kier molecular flexibility index (Phi) is 10.9. The number of rotatable bonds is 14. The number of nitrogens with one attached hydrogen (secondary N) is 3. The first-order chi connectivity index (χ1) is 15.9. The zero-order valence-electron chi connectivity index (χ0n) is 18.2. The zero-order chi connectivity index (χ0) is 25.8. The SMILES string of the molecule is NC(=O)CCC(NC(=O)CNC(=O)C(N)CC(N)=O)C(=O)NC(Cc1ccc(O)cc1)C(=O)O. The topological polar surface area (TPSA) is 257 Å². The second-order valence-electron chi connectivity index (χ2n) is 7.39. The normalized spacial score (nSPS) is 13.1. The van der Waals surface area contributed by atoms with Crippen molar-refractivity contribution in [1.29, 1.82) is 0 Å². The van der Waals surface area contributed by atoms with Crippen molar-refractivity contribution in [3.05, 3.63) is 29.8 Å². The van der Waals surface area contributed by atoms with Gasteiger partial charge in [-0.25, -0.2) is 4.79 Å². The summed E-state index contributed by atoms with van der Waals surface area (Å²) in [5, 5.41) is 25.5. The molecule has 14 nitrogen and oxygen atoms in total. The summed E-state index contributed by atoms with van der Waals surface area (Å²) in [6.45, 7) is -0.610. The molecule has 3 unspecified atom stereocenters. The van der Waals surface area contributed by atoms with E-state index >= 15 is 0 Å². The van der Waals surface area contributed by atoms with Gasteiger partial charge in [-0.15, -0.1) is 0 Å². The molecule has 0 aliphatic rings. The highest BCUT2D eigenvalue weighted by molar-refractivity contribution is 5.93. The highest BCUT2D eigenvalue weighted by atomic mass is 16.4. The van der Waals surface area contributed by atoms with Crippen LogP contribution in [0.4, 0.5) is 0 Å². The van der Waals surface area contributed by atoms with Gasteiger partial charge in [0.15, 0.2) is 0 Å². The van der Waals surface area contributed by atoms with Crippen LogP contribution in [-0.4, -0.2) is 70.4 Å². The number of aromatic hydroxyl groups is 1. The number of hydrogen-bond acceptors (Lipinski definition) is 8. The number of phenolic OH excluding ortho intramolecular Hbond substituents is 1. The third-order valence-electron chi connectivity index (χ3n) is 4.50. The fraction of sp³-hybridized carbons (Fsp3) is 0.400. The summed E-state index contributed by atoms with van der Waals surface area (Å²) in [6.07, 6.45) is -1.07. The summed E-state index contributed by atoms with van der Waals surface area (Å²) in [4.78, 5) is 70.2. The van der Waals surface area contributed by atoms with E-state index in [2.05, 4.69) is 16.0 Å². The van der Waals surface area contributed by atoms with Gasteiger partial charge < -0.3 is 43.4 Å². The van der Waals surface area contributed by atoms with Gasteiger partial charge in [-0.05, 0) is 24.1 Å². The molecule has 1 aromatic carbocycles. The predicted molar refractivity (Wildman–Crippen MR) is 117 cm³/mol. The van der Waals surface area contributed by atoms with Crippen molar-refractivity contribution in [2.24, 2.45) is 17.2 Å². The number of aliphatic carboxylic acids is 1. The van der Waals surface area contributed by atoms with E-state index in [1.807, 2.05) is 0 Å². The Morgan fingerprint density at radius 2 is 1.50 bits per heavy atom. The fourth-order valence-electron chi connectivity index (χ4n) is 2.75. The van der Waals surface area contributed by atoms with Crippen molar-refractivity contribution in [1.82, 2.24) is 16.0 Å². The molecule has 0 bridgehead atoms. The lowest BCUT2D eigenvalue weighted by atomic mass is 10.0. The molecule has 14 heteroatoms. The summed E-state index contributed by atoms with van der Waals surface area (Å²) >= 11 is 0. The average molecular weight is 480 g/mol. The first-order valence-electron chi connectivity index (χ1n) is 10.1. The minimum atomic E-state index is -1.38. The molecule has 0 aliphatic heterocycles. The van der Waals surface area contributed by atoms with Gasteiger partial charge in [-0.3, -0.25) is 24.0 Å². The standard InChI is InChI=1S/C20H28N6O8/c21-12(8-16(23)29)18(31)24-9-17(30)25-13(5-6-15(22)28)19(32)26-14(20(33)34)7-10-1-3-11(27)4-2-10/h1-4,12-14,27H,5-9,21H2,(H2,22,28)(H2,23,29)(H,24,31)(H,25,30)(H,26,32)(H,33,34). The van der Waals surface area contributed by atoms with E-state index in [9.17, 15) is 39.0 Å². The molecule has 34 heavy (non-hydrogen) atoms. The zero-order valence-corrected chi connectivity index (χ0v) is 18.2. The first-order valence-corrected chi connectivity index (χ1v) is 10.1. The monoisotopic (exact) mass is 480 g/mol. The van der Waals surface area contributed by atoms with Gasteiger partial charge in [-0.2, -0.15) is 0 Å². The van der Waals surface area contributed by atoms with Gasteiger partial charge in [0, 0.05) is 12.8 Å². The molecular weight excluding hydrogens is 452 g/mol. The van der Waals surface area contributed by atoms with Crippen molar-refractivity contribution in [3.8, 4) is 5.75 Å². The Morgan fingerprint density at radius 3 is 2.03 bits per heavy atom. The van der Waals surface area contributed by atoms with Crippen molar-refractivity contribution in [2.75, 3.05) is 6.54 Å². The summed E-state index contributed by atoms with van der Waals surface area (Å²) in [5.74, 6) is -5.49. The second-order valence-corrected chi connectivity index (χ2v) is 7.39. The van der Waals surface area contributed by atoms with Gasteiger partial charge in [-0.1, -0.05) is 12.1 Å². The van der Waals surface area contributed by atoms with Crippen molar-refractivity contribution in [3.63, 3.8) is 0 Å². The van der Waals surface area contributed by atoms with Crippen molar-refractivity contribution < 1.29 is 39.0 Å². The number of primary amides is 2. The third-order valence-corrected chi connectivity index (χ3v) is 4.50. The molecule has 0 heterocycles. The Labute approximate surface area is 194 Å². The van der Waals surface area contributed by atoms with Crippen LogP contribution in [0.25, 0.3) is 0 Å². The molecule has 1 rings (SSSR count). The number of carboxylic acid groups (broad SMARTS) is 1. The first kappa shape index (κ1) is 27.8. The van der Waals surface area contributed by atoms with Crippen LogP contribution < -0.4 is 33.2 Å². The molecule has 11 N–H and O–H groups in total. The molecule has 3 atom stereocenters. The Balaban J connectivity index is 2.80. The lowest BCUT2D eigenvalue weighted by Crippen LogP contribution is -2.54. The molecule has 0 spiro atoms. The maximum Gasteiger partial charge on any atom is 0.326 e. The van der Waals surface area contributed by atoms with Crippen molar-refractivity contribution >= 4 is 35.5 Å². The molecular formula is C20H28N6O8. The Hall–Kier alpha value is -4.20. The number of benzene rings is 1. The van der Waals surface area contributed by atoms with E-state index in [4.69, 9.17) is 17.2 Å².